The molecule has 6 heteroatoms. The maximum atomic E-state index is 12.6. The second-order valence-electron chi connectivity index (χ2n) is 8.46. The van der Waals surface area contributed by atoms with Gasteiger partial charge in [-0.15, -0.1) is 11.3 Å². The summed E-state index contributed by atoms with van der Waals surface area (Å²) in [6, 6.07) is 10.1. The van der Waals surface area contributed by atoms with Crippen molar-refractivity contribution in [3.05, 3.63) is 53.2 Å². The number of hydrogen-bond donors (Lipinski definition) is 0. The number of carbonyl (C=O) groups excluding carboxylic acids is 2. The normalized spacial score (nSPS) is 14.6. The molecular formula is C24H24N2O3S. The fourth-order valence-electron chi connectivity index (χ4n) is 3.72. The van der Waals surface area contributed by atoms with E-state index in [0.717, 1.165) is 43.4 Å². The lowest BCUT2D eigenvalue weighted by Crippen LogP contribution is -2.31. The monoisotopic (exact) mass is 420 g/mol. The van der Waals surface area contributed by atoms with E-state index in [-0.39, 0.29) is 23.5 Å². The van der Waals surface area contributed by atoms with Crippen molar-refractivity contribution in [2.45, 2.75) is 39.5 Å². The molecule has 2 heterocycles. The van der Waals surface area contributed by atoms with Gasteiger partial charge in [-0.25, -0.2) is 4.98 Å². The van der Waals surface area contributed by atoms with Gasteiger partial charge in [0, 0.05) is 23.0 Å². The number of allylic oxidation sites excluding steroid dienone is 1. The molecule has 1 aliphatic rings. The van der Waals surface area contributed by atoms with Crippen LogP contribution in [0, 0.1) is 6.92 Å². The number of carbonyl (C=O) groups is 2. The van der Waals surface area contributed by atoms with Gasteiger partial charge in [-0.2, -0.15) is 0 Å². The lowest BCUT2D eigenvalue weighted by molar-refractivity contribution is -0.124. The predicted octanol–water partition coefficient (Wildman–Crippen LogP) is 5.40. The number of aryl methyl sites for hydroxylation is 1. The van der Waals surface area contributed by atoms with Gasteiger partial charge in [0.1, 0.15) is 5.75 Å². The molecule has 0 N–H and O–H groups in total. The third-order valence-corrected chi connectivity index (χ3v) is 6.11. The highest BCUT2D eigenvalue weighted by molar-refractivity contribution is 7.18. The highest BCUT2D eigenvalue weighted by Gasteiger charge is 2.27. The minimum atomic E-state index is -0.230. The Morgan fingerprint density at radius 1 is 1.13 bits per heavy atom. The summed E-state index contributed by atoms with van der Waals surface area (Å²) in [7, 11) is 1.67. The van der Waals surface area contributed by atoms with Gasteiger partial charge < -0.3 is 4.74 Å². The fraction of sp³-hybridized carbons (Fsp3) is 0.292. The predicted molar refractivity (Wildman–Crippen MR) is 121 cm³/mol. The molecule has 0 unspecified atom stereocenters. The summed E-state index contributed by atoms with van der Waals surface area (Å²) in [6.45, 7) is 8.35. The van der Waals surface area contributed by atoms with Crippen LogP contribution in [0.2, 0.25) is 0 Å². The molecule has 0 radical (unpaired) electrons. The van der Waals surface area contributed by atoms with Crippen molar-refractivity contribution in [3.63, 3.8) is 0 Å². The first-order valence-electron chi connectivity index (χ1n) is 9.80. The van der Waals surface area contributed by atoms with Crippen LogP contribution in [0.5, 0.6) is 5.75 Å². The third-order valence-electron chi connectivity index (χ3n) is 5.17. The number of thiazole rings is 1. The second-order valence-corrected chi connectivity index (χ2v) is 9.70. The molecule has 0 spiro atoms. The Morgan fingerprint density at radius 3 is 2.57 bits per heavy atom. The number of nitrogens with zero attached hydrogens (tertiary/aromatic N) is 2. The van der Waals surface area contributed by atoms with Crippen LogP contribution in [0.15, 0.2) is 42.6 Å². The van der Waals surface area contributed by atoms with E-state index in [0.29, 0.717) is 0 Å². The molecule has 0 bridgehead atoms. The summed E-state index contributed by atoms with van der Waals surface area (Å²) in [6.07, 6.45) is 2.89. The Morgan fingerprint density at radius 2 is 1.90 bits per heavy atom. The van der Waals surface area contributed by atoms with Gasteiger partial charge in [0.2, 0.25) is 5.91 Å². The average Bonchev–Trinajstić information content (AvgIpc) is 3.05. The second kappa shape index (κ2) is 7.36. The molecule has 1 aliphatic heterocycles. The topological polar surface area (TPSA) is 59.5 Å². The van der Waals surface area contributed by atoms with Gasteiger partial charge in [0.05, 0.1) is 28.8 Å². The lowest BCUT2D eigenvalue weighted by Gasteiger charge is -2.28. The van der Waals surface area contributed by atoms with Crippen molar-refractivity contribution >= 4 is 38.9 Å². The first-order chi connectivity index (χ1) is 14.2. The van der Waals surface area contributed by atoms with Crippen LogP contribution in [0.3, 0.4) is 0 Å². The highest BCUT2D eigenvalue weighted by atomic mass is 32.1. The maximum absolute atomic E-state index is 12.6. The summed E-state index contributed by atoms with van der Waals surface area (Å²) in [5.74, 6) is 0.385. The Labute approximate surface area is 180 Å². The van der Waals surface area contributed by atoms with Crippen LogP contribution in [0.4, 0.5) is 5.69 Å². The number of fused-ring (bicyclic) bond motifs is 1. The van der Waals surface area contributed by atoms with Gasteiger partial charge in [-0.05, 0) is 48.2 Å². The van der Waals surface area contributed by atoms with Crippen molar-refractivity contribution in [1.82, 2.24) is 4.98 Å². The van der Waals surface area contributed by atoms with E-state index in [1.807, 2.05) is 31.2 Å². The van der Waals surface area contributed by atoms with E-state index >= 15 is 0 Å². The SMILES string of the molecule is COc1c(-c2ccc3nc(C)sc3c2)cc(N2C=CC(=O)CC2=O)cc1C(C)(C)C. The number of amides is 1. The number of ether oxygens (including phenoxy) is 1. The number of rotatable bonds is 3. The van der Waals surface area contributed by atoms with Crippen LogP contribution in [-0.2, 0) is 15.0 Å². The quantitative estimate of drug-likeness (QED) is 0.533. The summed E-state index contributed by atoms with van der Waals surface area (Å²) < 4.78 is 6.98. The van der Waals surface area contributed by atoms with Gasteiger partial charge in [-0.1, -0.05) is 26.8 Å². The van der Waals surface area contributed by atoms with Gasteiger partial charge in [-0.3, -0.25) is 14.5 Å². The molecule has 0 atom stereocenters. The number of anilines is 1. The van der Waals surface area contributed by atoms with Crippen LogP contribution in [-0.4, -0.2) is 23.8 Å². The first kappa shape index (κ1) is 20.3. The minimum Gasteiger partial charge on any atom is -0.496 e. The van der Waals surface area contributed by atoms with Crippen molar-refractivity contribution in [2.75, 3.05) is 12.0 Å². The summed E-state index contributed by atoms with van der Waals surface area (Å²) in [5, 5.41) is 1.02. The zero-order chi connectivity index (χ0) is 21.6. The molecule has 1 amide bonds. The molecule has 30 heavy (non-hydrogen) atoms. The fourth-order valence-corrected chi connectivity index (χ4v) is 4.58. The summed E-state index contributed by atoms with van der Waals surface area (Å²) in [5.41, 5.74) is 4.40. The van der Waals surface area contributed by atoms with E-state index in [1.54, 1.807) is 29.5 Å². The largest absolute Gasteiger partial charge is 0.496 e. The maximum Gasteiger partial charge on any atom is 0.238 e. The molecule has 154 valence electrons. The molecule has 0 aliphatic carbocycles. The van der Waals surface area contributed by atoms with E-state index in [1.165, 1.54) is 6.08 Å². The number of hydrogen-bond acceptors (Lipinski definition) is 5. The molecule has 0 saturated carbocycles. The highest BCUT2D eigenvalue weighted by Crippen LogP contribution is 2.43. The average molecular weight is 421 g/mol. The number of benzene rings is 2. The van der Waals surface area contributed by atoms with Crippen molar-refractivity contribution in [1.29, 1.82) is 0 Å². The van der Waals surface area contributed by atoms with Crippen LogP contribution in [0.1, 0.15) is 37.8 Å². The van der Waals surface area contributed by atoms with Crippen LogP contribution < -0.4 is 9.64 Å². The van der Waals surface area contributed by atoms with Crippen molar-refractivity contribution < 1.29 is 14.3 Å². The molecule has 3 aromatic rings. The Hall–Kier alpha value is -2.99. The lowest BCUT2D eigenvalue weighted by atomic mass is 9.83. The first-order valence-corrected chi connectivity index (χ1v) is 10.6. The Bertz CT molecular complexity index is 1200. The van der Waals surface area contributed by atoms with E-state index in [4.69, 9.17) is 4.74 Å². The van der Waals surface area contributed by atoms with Gasteiger partial charge >= 0.3 is 0 Å². The van der Waals surface area contributed by atoms with Crippen molar-refractivity contribution in [3.8, 4) is 16.9 Å². The smallest absolute Gasteiger partial charge is 0.238 e. The molecule has 0 saturated heterocycles. The Kier molecular flexibility index (Phi) is 4.98. The molecule has 5 nitrogen and oxygen atoms in total. The van der Waals surface area contributed by atoms with Crippen molar-refractivity contribution in [2.24, 2.45) is 0 Å². The molecular weight excluding hydrogens is 396 g/mol. The van der Waals surface area contributed by atoms with E-state index < -0.39 is 0 Å². The number of ketones is 1. The molecule has 1 aromatic heterocycles. The zero-order valence-corrected chi connectivity index (χ0v) is 18.6. The third kappa shape index (κ3) is 3.63. The molecule has 2 aromatic carbocycles. The van der Waals surface area contributed by atoms with Crippen LogP contribution >= 0.6 is 11.3 Å². The zero-order valence-electron chi connectivity index (χ0n) is 17.8. The van der Waals surface area contributed by atoms with Crippen LogP contribution in [0.25, 0.3) is 21.3 Å². The van der Waals surface area contributed by atoms with Gasteiger partial charge in [0.25, 0.3) is 0 Å². The summed E-state index contributed by atoms with van der Waals surface area (Å²) >= 11 is 1.65. The minimum absolute atomic E-state index is 0.116. The standard InChI is InChI=1S/C24H24N2O3S/c1-14-25-20-7-6-15(10-21(20)30-14)18-11-16(26-9-8-17(27)13-22(26)28)12-19(23(18)29-5)24(2,3)4/h6-12H,13H2,1-5H3. The molecule has 0 fully saturated rings. The number of aromatic nitrogens is 1. The summed E-state index contributed by atoms with van der Waals surface area (Å²) in [4.78, 5) is 30.3. The Balaban J connectivity index is 1.96. The van der Waals surface area contributed by atoms with Gasteiger partial charge in [0.15, 0.2) is 5.78 Å². The number of methoxy groups -OCH3 is 1. The van der Waals surface area contributed by atoms with E-state index in [9.17, 15) is 9.59 Å². The molecule has 4 rings (SSSR count). The van der Waals surface area contributed by atoms with E-state index in [2.05, 4.69) is 31.8 Å².